The number of hydrogen-bond acceptors (Lipinski definition) is 0. The van der Waals surface area contributed by atoms with Crippen LogP contribution in [0, 0.1) is 0 Å². The van der Waals surface area contributed by atoms with Gasteiger partial charge in [-0.15, -0.1) is 0 Å². The second-order valence-corrected chi connectivity index (χ2v) is 6.97. The molecule has 1 N–H and O–H groups in total. The van der Waals surface area contributed by atoms with Gasteiger partial charge in [0, 0.05) is 16.4 Å². The Labute approximate surface area is 126 Å². The fraction of sp³-hybridized carbons (Fsp3) is 0.300. The summed E-state index contributed by atoms with van der Waals surface area (Å²) in [6, 6.07) is 18.4. The van der Waals surface area contributed by atoms with Gasteiger partial charge < -0.3 is 4.90 Å². The third-order valence-electron chi connectivity index (χ3n) is 5.70. The molecule has 3 aromatic rings. The Kier molecular flexibility index (Phi) is 2.50. The van der Waals surface area contributed by atoms with Gasteiger partial charge in [-0.2, -0.15) is 0 Å². The topological polar surface area (TPSA) is 4.44 Å². The Morgan fingerprint density at radius 1 is 0.810 bits per heavy atom. The summed E-state index contributed by atoms with van der Waals surface area (Å²) < 4.78 is 0. The van der Waals surface area contributed by atoms with E-state index < -0.39 is 0 Å². The van der Waals surface area contributed by atoms with Gasteiger partial charge in [0.15, 0.2) is 0 Å². The van der Waals surface area contributed by atoms with E-state index in [9.17, 15) is 0 Å². The summed E-state index contributed by atoms with van der Waals surface area (Å²) in [6.45, 7) is 7.17. The van der Waals surface area contributed by atoms with E-state index in [-0.39, 0.29) is 5.41 Å². The molecule has 0 aliphatic carbocycles. The molecule has 0 saturated heterocycles. The molecule has 0 saturated carbocycles. The number of likely N-dealkylation sites (N-methyl/N-ethyl adjacent to an activating group) is 1. The number of nitrogens with one attached hydrogen (secondary N) is 1. The summed E-state index contributed by atoms with van der Waals surface area (Å²) in [5.74, 6) is 0. The summed E-state index contributed by atoms with van der Waals surface area (Å²) >= 11 is 0. The first kappa shape index (κ1) is 12.8. The third kappa shape index (κ3) is 1.50. The predicted octanol–water partition coefficient (Wildman–Crippen LogP) is 3.82. The van der Waals surface area contributed by atoms with Gasteiger partial charge in [-0.3, -0.25) is 0 Å². The predicted molar refractivity (Wildman–Crippen MR) is 90.5 cm³/mol. The first-order valence-corrected chi connectivity index (χ1v) is 7.81. The molecule has 0 aromatic heterocycles. The van der Waals surface area contributed by atoms with E-state index in [1.54, 1.807) is 5.56 Å². The normalized spacial score (nSPS) is 23.6. The molecule has 2 unspecified atom stereocenters. The van der Waals surface area contributed by atoms with E-state index in [1.165, 1.54) is 32.1 Å². The van der Waals surface area contributed by atoms with Crippen LogP contribution in [0.1, 0.15) is 26.3 Å². The maximum absolute atomic E-state index is 2.40. The van der Waals surface area contributed by atoms with Crippen LogP contribution in [0.3, 0.4) is 0 Å². The molecule has 1 aliphatic rings. The molecule has 0 fully saturated rings. The van der Waals surface area contributed by atoms with E-state index in [0.717, 1.165) is 0 Å². The highest BCUT2D eigenvalue weighted by Crippen LogP contribution is 2.45. The molecule has 0 spiro atoms. The van der Waals surface area contributed by atoms with Crippen molar-refractivity contribution in [2.24, 2.45) is 0 Å². The van der Waals surface area contributed by atoms with Crippen molar-refractivity contribution in [3.8, 4) is 0 Å². The Hall–Kier alpha value is -1.86. The van der Waals surface area contributed by atoms with Crippen molar-refractivity contribution < 1.29 is 4.90 Å². The molecule has 1 aliphatic heterocycles. The highest BCUT2D eigenvalue weighted by atomic mass is 15.2. The quantitative estimate of drug-likeness (QED) is 0.595. The molecule has 0 radical (unpaired) electrons. The molecule has 3 aromatic carbocycles. The van der Waals surface area contributed by atoms with Crippen LogP contribution in [0.15, 0.2) is 48.5 Å². The standard InChI is InChI=1S/C20H21N/c1-13-20(2,3)18-16-11-7-5-9-14(16)15-10-6-8-12-17(15)19(18)21(13)4/h5-13H,1-4H3/p+1. The number of quaternary nitrogens is 1. The smallest absolute Gasteiger partial charge is 0.143 e. The molecular formula is C20H22N+. The molecule has 1 heterocycles. The highest BCUT2D eigenvalue weighted by Gasteiger charge is 2.47. The average Bonchev–Trinajstić information content (AvgIpc) is 2.69. The van der Waals surface area contributed by atoms with Crippen LogP contribution in [0.25, 0.3) is 21.5 Å². The Morgan fingerprint density at radius 3 is 1.90 bits per heavy atom. The lowest BCUT2D eigenvalue weighted by atomic mass is 9.78. The maximum Gasteiger partial charge on any atom is 0.143 e. The van der Waals surface area contributed by atoms with Crippen molar-refractivity contribution in [1.29, 1.82) is 0 Å². The van der Waals surface area contributed by atoms with E-state index in [4.69, 9.17) is 0 Å². The zero-order chi connectivity index (χ0) is 14.8. The second-order valence-electron chi connectivity index (χ2n) is 6.97. The lowest BCUT2D eigenvalue weighted by Crippen LogP contribution is -3.07. The summed E-state index contributed by atoms with van der Waals surface area (Å²) in [4.78, 5) is 1.54. The number of fused-ring (bicyclic) bond motifs is 6. The van der Waals surface area contributed by atoms with Gasteiger partial charge in [0.25, 0.3) is 0 Å². The van der Waals surface area contributed by atoms with Crippen LogP contribution in [-0.2, 0) is 5.41 Å². The lowest BCUT2D eigenvalue weighted by molar-refractivity contribution is -0.833. The second kappa shape index (κ2) is 4.08. The summed E-state index contributed by atoms with van der Waals surface area (Å²) in [5.41, 5.74) is 3.24. The van der Waals surface area contributed by atoms with Crippen LogP contribution in [0.5, 0.6) is 0 Å². The van der Waals surface area contributed by atoms with Gasteiger partial charge in [-0.25, -0.2) is 0 Å². The average molecular weight is 276 g/mol. The first-order valence-electron chi connectivity index (χ1n) is 7.81. The Morgan fingerprint density at radius 2 is 1.29 bits per heavy atom. The zero-order valence-corrected chi connectivity index (χ0v) is 13.2. The molecule has 1 nitrogen and oxygen atoms in total. The van der Waals surface area contributed by atoms with Gasteiger partial charge in [-0.1, -0.05) is 42.5 Å². The van der Waals surface area contributed by atoms with Crippen LogP contribution < -0.4 is 4.90 Å². The minimum Gasteiger partial charge on any atom is -0.301 e. The minimum atomic E-state index is 0.197. The molecule has 2 atom stereocenters. The van der Waals surface area contributed by atoms with Crippen molar-refractivity contribution >= 4 is 27.2 Å². The largest absolute Gasteiger partial charge is 0.301 e. The Bertz CT molecular complexity index is 860. The van der Waals surface area contributed by atoms with Gasteiger partial charge in [0.05, 0.1) is 13.1 Å². The van der Waals surface area contributed by atoms with Crippen molar-refractivity contribution in [1.82, 2.24) is 0 Å². The van der Waals surface area contributed by atoms with Crippen molar-refractivity contribution in [3.63, 3.8) is 0 Å². The van der Waals surface area contributed by atoms with Crippen LogP contribution >= 0.6 is 0 Å². The van der Waals surface area contributed by atoms with Crippen LogP contribution in [0.2, 0.25) is 0 Å². The van der Waals surface area contributed by atoms with Crippen LogP contribution in [0.4, 0.5) is 5.69 Å². The fourth-order valence-electron chi connectivity index (χ4n) is 4.19. The monoisotopic (exact) mass is 276 g/mol. The zero-order valence-electron chi connectivity index (χ0n) is 13.2. The van der Waals surface area contributed by atoms with Gasteiger partial charge in [0.1, 0.15) is 5.69 Å². The molecule has 0 amide bonds. The van der Waals surface area contributed by atoms with Crippen molar-refractivity contribution in [2.45, 2.75) is 32.2 Å². The van der Waals surface area contributed by atoms with E-state index in [1.807, 2.05) is 0 Å². The molecule has 21 heavy (non-hydrogen) atoms. The fourth-order valence-corrected chi connectivity index (χ4v) is 4.19. The SMILES string of the molecule is CC1[NH+](C)c2c(c3ccccc3c3ccccc23)C1(C)C. The molecule has 106 valence electrons. The van der Waals surface area contributed by atoms with E-state index in [0.29, 0.717) is 6.04 Å². The maximum atomic E-state index is 2.40. The highest BCUT2D eigenvalue weighted by molar-refractivity contribution is 6.14. The molecule has 0 bridgehead atoms. The van der Waals surface area contributed by atoms with Crippen molar-refractivity contribution in [3.05, 3.63) is 54.1 Å². The van der Waals surface area contributed by atoms with Crippen LogP contribution in [-0.4, -0.2) is 13.1 Å². The molecular weight excluding hydrogens is 254 g/mol. The summed E-state index contributed by atoms with van der Waals surface area (Å²) in [7, 11) is 2.32. The van der Waals surface area contributed by atoms with Crippen molar-refractivity contribution in [2.75, 3.05) is 7.05 Å². The number of benzene rings is 3. The summed E-state index contributed by atoms with van der Waals surface area (Å²) in [6.07, 6.45) is 0. The minimum absolute atomic E-state index is 0.197. The number of hydrogen-bond donors (Lipinski definition) is 1. The molecule has 1 heteroatoms. The Balaban J connectivity index is 2.31. The third-order valence-corrected chi connectivity index (χ3v) is 5.70. The first-order chi connectivity index (χ1) is 10.0. The van der Waals surface area contributed by atoms with E-state index in [2.05, 4.69) is 76.3 Å². The lowest BCUT2D eigenvalue weighted by Gasteiger charge is -2.24. The van der Waals surface area contributed by atoms with Gasteiger partial charge in [-0.05, 0) is 43.0 Å². The van der Waals surface area contributed by atoms with Gasteiger partial charge in [0.2, 0.25) is 0 Å². The number of rotatable bonds is 0. The van der Waals surface area contributed by atoms with E-state index >= 15 is 0 Å². The summed E-state index contributed by atoms with van der Waals surface area (Å²) in [5, 5.41) is 5.62. The molecule has 4 rings (SSSR count). The van der Waals surface area contributed by atoms with Gasteiger partial charge >= 0.3 is 0 Å².